The standard InChI is InChI=1S/C21H19N5O4S/c1-4-30-21(29)15-8-9-26(24-15)14-7-5-6-13(10-14)23-18(27)17-12(2)16-19(31-17)22-11-25(3)20(16)28/h5-11H,4H2,1-3H3,(H,23,27). The van der Waals surface area contributed by atoms with Gasteiger partial charge in [0, 0.05) is 18.9 Å². The molecule has 10 heteroatoms. The van der Waals surface area contributed by atoms with Gasteiger partial charge in [0.05, 0.1) is 28.9 Å². The van der Waals surface area contributed by atoms with E-state index in [0.29, 0.717) is 32.0 Å². The predicted molar refractivity (Wildman–Crippen MR) is 117 cm³/mol. The number of hydrogen-bond donors (Lipinski definition) is 1. The van der Waals surface area contributed by atoms with E-state index in [9.17, 15) is 14.4 Å². The number of anilines is 1. The molecule has 4 rings (SSSR count). The number of rotatable bonds is 5. The van der Waals surface area contributed by atoms with E-state index in [0.717, 1.165) is 0 Å². The van der Waals surface area contributed by atoms with Crippen LogP contribution < -0.4 is 10.9 Å². The lowest BCUT2D eigenvalue weighted by Crippen LogP contribution is -2.17. The topological polar surface area (TPSA) is 108 Å². The molecule has 0 aliphatic carbocycles. The van der Waals surface area contributed by atoms with Gasteiger partial charge in [0.1, 0.15) is 4.83 Å². The molecule has 0 atom stereocenters. The summed E-state index contributed by atoms with van der Waals surface area (Å²) in [4.78, 5) is 42.3. The van der Waals surface area contributed by atoms with Crippen LogP contribution in [0.25, 0.3) is 15.9 Å². The van der Waals surface area contributed by atoms with Gasteiger partial charge >= 0.3 is 5.97 Å². The number of nitrogens with one attached hydrogen (secondary N) is 1. The molecule has 0 aliphatic heterocycles. The summed E-state index contributed by atoms with van der Waals surface area (Å²) in [5.41, 5.74) is 1.83. The summed E-state index contributed by atoms with van der Waals surface area (Å²) < 4.78 is 7.87. The molecule has 1 aromatic carbocycles. The normalized spacial score (nSPS) is 10.9. The smallest absolute Gasteiger partial charge is 0.358 e. The van der Waals surface area contributed by atoms with E-state index < -0.39 is 5.97 Å². The van der Waals surface area contributed by atoms with Crippen LogP contribution >= 0.6 is 11.3 Å². The number of fused-ring (bicyclic) bond motifs is 1. The zero-order chi connectivity index (χ0) is 22.1. The summed E-state index contributed by atoms with van der Waals surface area (Å²) in [6.45, 7) is 3.74. The van der Waals surface area contributed by atoms with Crippen LogP contribution in [0.1, 0.15) is 32.6 Å². The first-order valence-corrected chi connectivity index (χ1v) is 10.3. The van der Waals surface area contributed by atoms with E-state index in [4.69, 9.17) is 4.74 Å². The minimum absolute atomic E-state index is 0.184. The van der Waals surface area contributed by atoms with E-state index in [2.05, 4.69) is 15.4 Å². The van der Waals surface area contributed by atoms with Gasteiger partial charge < -0.3 is 14.6 Å². The zero-order valence-electron chi connectivity index (χ0n) is 17.1. The Hall–Kier alpha value is -3.79. The van der Waals surface area contributed by atoms with E-state index in [1.165, 1.54) is 26.9 Å². The number of nitrogens with zero attached hydrogens (tertiary/aromatic N) is 4. The minimum Gasteiger partial charge on any atom is -0.461 e. The Morgan fingerprint density at radius 1 is 1.26 bits per heavy atom. The average Bonchev–Trinajstić information content (AvgIpc) is 3.37. The maximum Gasteiger partial charge on any atom is 0.358 e. The molecule has 0 radical (unpaired) electrons. The van der Waals surface area contributed by atoms with E-state index in [1.807, 2.05) is 0 Å². The summed E-state index contributed by atoms with van der Waals surface area (Å²) in [5.74, 6) is -0.821. The highest BCUT2D eigenvalue weighted by atomic mass is 32.1. The molecule has 0 bridgehead atoms. The lowest BCUT2D eigenvalue weighted by Gasteiger charge is -2.07. The van der Waals surface area contributed by atoms with Crippen LogP contribution in [0.4, 0.5) is 5.69 Å². The van der Waals surface area contributed by atoms with Crippen LogP contribution in [0.5, 0.6) is 0 Å². The van der Waals surface area contributed by atoms with Crippen molar-refractivity contribution >= 4 is 39.1 Å². The molecule has 9 nitrogen and oxygen atoms in total. The molecule has 4 aromatic rings. The van der Waals surface area contributed by atoms with Gasteiger partial charge in [0.15, 0.2) is 5.69 Å². The molecule has 31 heavy (non-hydrogen) atoms. The first-order valence-electron chi connectivity index (χ1n) is 9.48. The van der Waals surface area contributed by atoms with Crippen LogP contribution in [0.2, 0.25) is 0 Å². The Bertz CT molecular complexity index is 1370. The predicted octanol–water partition coefficient (Wildman–Crippen LogP) is 2.92. The van der Waals surface area contributed by atoms with Crippen molar-refractivity contribution in [2.45, 2.75) is 13.8 Å². The van der Waals surface area contributed by atoms with E-state index in [-0.39, 0.29) is 23.8 Å². The van der Waals surface area contributed by atoms with Crippen molar-refractivity contribution in [2.24, 2.45) is 7.05 Å². The maximum absolute atomic E-state index is 12.9. The fourth-order valence-electron chi connectivity index (χ4n) is 3.12. The van der Waals surface area contributed by atoms with Crippen molar-refractivity contribution in [3.8, 4) is 5.69 Å². The van der Waals surface area contributed by atoms with Crippen LogP contribution in [0, 0.1) is 6.92 Å². The number of carbonyl (C=O) groups is 2. The molecule has 158 valence electrons. The lowest BCUT2D eigenvalue weighted by atomic mass is 10.2. The molecule has 0 unspecified atom stereocenters. The second-order valence-corrected chi connectivity index (χ2v) is 7.77. The van der Waals surface area contributed by atoms with E-state index in [1.54, 1.807) is 57.4 Å². The SMILES string of the molecule is CCOC(=O)c1ccn(-c2cccc(NC(=O)c3sc4ncn(C)c(=O)c4c3C)c2)n1. The van der Waals surface area contributed by atoms with Gasteiger partial charge in [0.2, 0.25) is 0 Å². The van der Waals surface area contributed by atoms with Crippen LogP contribution in [-0.2, 0) is 11.8 Å². The fraction of sp³-hybridized carbons (Fsp3) is 0.190. The zero-order valence-corrected chi connectivity index (χ0v) is 17.9. The van der Waals surface area contributed by atoms with Gasteiger partial charge in [-0.25, -0.2) is 14.5 Å². The van der Waals surface area contributed by atoms with Gasteiger partial charge in [-0.1, -0.05) is 6.07 Å². The number of carbonyl (C=O) groups excluding carboxylic acids is 2. The van der Waals surface area contributed by atoms with Crippen molar-refractivity contribution in [2.75, 3.05) is 11.9 Å². The quantitative estimate of drug-likeness (QED) is 0.481. The number of benzene rings is 1. The first kappa shape index (κ1) is 20.5. The highest BCUT2D eigenvalue weighted by Crippen LogP contribution is 2.27. The van der Waals surface area contributed by atoms with Gasteiger partial charge in [-0.2, -0.15) is 5.10 Å². The lowest BCUT2D eigenvalue weighted by molar-refractivity contribution is 0.0519. The third-order valence-corrected chi connectivity index (χ3v) is 5.86. The van der Waals surface area contributed by atoms with Gasteiger partial charge in [0.25, 0.3) is 11.5 Å². The van der Waals surface area contributed by atoms with Crippen LogP contribution in [-0.4, -0.2) is 37.8 Å². The Kier molecular flexibility index (Phi) is 5.38. The summed E-state index contributed by atoms with van der Waals surface area (Å²) >= 11 is 1.18. The highest BCUT2D eigenvalue weighted by molar-refractivity contribution is 7.20. The van der Waals surface area contributed by atoms with Crippen molar-refractivity contribution in [1.82, 2.24) is 19.3 Å². The maximum atomic E-state index is 12.9. The molecule has 0 saturated carbocycles. The molecule has 1 amide bonds. The second-order valence-electron chi connectivity index (χ2n) is 6.77. The van der Waals surface area contributed by atoms with Crippen molar-refractivity contribution in [3.05, 3.63) is 69.3 Å². The third kappa shape index (κ3) is 3.84. The highest BCUT2D eigenvalue weighted by Gasteiger charge is 2.19. The molecule has 0 spiro atoms. The molecule has 0 saturated heterocycles. The summed E-state index contributed by atoms with van der Waals surface area (Å²) in [5, 5.41) is 7.54. The summed E-state index contributed by atoms with van der Waals surface area (Å²) in [6, 6.07) is 8.62. The van der Waals surface area contributed by atoms with E-state index >= 15 is 0 Å². The number of thiophene rings is 1. The molecular formula is C21H19N5O4S. The first-order chi connectivity index (χ1) is 14.9. The number of hydrogen-bond acceptors (Lipinski definition) is 7. The number of aryl methyl sites for hydroxylation is 2. The van der Waals surface area contributed by atoms with Crippen molar-refractivity contribution in [1.29, 1.82) is 0 Å². The number of aromatic nitrogens is 4. The average molecular weight is 437 g/mol. The Labute approximate surface area is 180 Å². The molecule has 3 heterocycles. The monoisotopic (exact) mass is 437 g/mol. The molecular weight excluding hydrogens is 418 g/mol. The minimum atomic E-state index is -0.495. The Morgan fingerprint density at radius 3 is 2.84 bits per heavy atom. The molecule has 1 N–H and O–H groups in total. The Morgan fingerprint density at radius 2 is 2.06 bits per heavy atom. The van der Waals surface area contributed by atoms with Gasteiger partial charge in [-0.3, -0.25) is 9.59 Å². The number of esters is 1. The van der Waals surface area contributed by atoms with Gasteiger partial charge in [-0.15, -0.1) is 11.3 Å². The number of amides is 1. The van der Waals surface area contributed by atoms with Crippen LogP contribution in [0.15, 0.2) is 47.7 Å². The summed E-state index contributed by atoms with van der Waals surface area (Å²) in [7, 11) is 1.62. The molecule has 0 aliphatic rings. The second kappa shape index (κ2) is 8.15. The van der Waals surface area contributed by atoms with Crippen molar-refractivity contribution < 1.29 is 14.3 Å². The Balaban J connectivity index is 1.60. The van der Waals surface area contributed by atoms with Gasteiger partial charge in [-0.05, 0) is 43.7 Å². The number of ether oxygens (including phenoxy) is 1. The van der Waals surface area contributed by atoms with Crippen LogP contribution in [0.3, 0.4) is 0 Å². The van der Waals surface area contributed by atoms with Crippen molar-refractivity contribution in [3.63, 3.8) is 0 Å². The molecule has 3 aromatic heterocycles. The fourth-order valence-corrected chi connectivity index (χ4v) is 4.16. The molecule has 0 fully saturated rings. The summed E-state index contributed by atoms with van der Waals surface area (Å²) in [6.07, 6.45) is 3.09. The third-order valence-electron chi connectivity index (χ3n) is 4.66. The largest absolute Gasteiger partial charge is 0.461 e.